The van der Waals surface area contributed by atoms with Gasteiger partial charge in [0.25, 0.3) is 0 Å². The molecule has 0 amide bonds. The molecule has 0 N–H and O–H groups in total. The summed E-state index contributed by atoms with van der Waals surface area (Å²) < 4.78 is 10.3. The zero-order valence-corrected chi connectivity index (χ0v) is 10.5. The largest absolute Gasteiger partial charge is 0.479 e. The molecule has 0 fully saturated rings. The van der Waals surface area contributed by atoms with E-state index in [9.17, 15) is 0 Å². The third kappa shape index (κ3) is 2.62. The van der Waals surface area contributed by atoms with Crippen LogP contribution in [0.5, 0.6) is 11.9 Å². The Bertz CT molecular complexity index is 552. The Morgan fingerprint density at radius 3 is 2.67 bits per heavy atom. The van der Waals surface area contributed by atoms with E-state index in [1.165, 1.54) is 19.5 Å². The van der Waals surface area contributed by atoms with Crippen LogP contribution in [-0.4, -0.2) is 38.6 Å². The van der Waals surface area contributed by atoms with Crippen molar-refractivity contribution in [3.63, 3.8) is 0 Å². The van der Waals surface area contributed by atoms with E-state index in [-0.39, 0.29) is 17.1 Å². The van der Waals surface area contributed by atoms with Crippen molar-refractivity contribution in [2.75, 3.05) is 13.7 Å². The van der Waals surface area contributed by atoms with Crippen LogP contribution >= 0.6 is 11.6 Å². The highest BCUT2D eigenvalue weighted by Crippen LogP contribution is 2.23. The lowest BCUT2D eigenvalue weighted by molar-refractivity contribution is 0.311. The molecule has 0 radical (unpaired) electrons. The maximum atomic E-state index is 5.80. The summed E-state index contributed by atoms with van der Waals surface area (Å²) in [5.41, 5.74) is 0.380. The van der Waals surface area contributed by atoms with Crippen LogP contribution in [0.3, 0.4) is 0 Å². The van der Waals surface area contributed by atoms with Crippen LogP contribution in [0.4, 0.5) is 0 Å². The molecule has 0 saturated heterocycles. The molecule has 2 aromatic heterocycles. The van der Waals surface area contributed by atoms with Crippen molar-refractivity contribution in [1.82, 2.24) is 24.9 Å². The molecule has 8 heteroatoms. The van der Waals surface area contributed by atoms with E-state index in [0.29, 0.717) is 18.2 Å². The topological polar surface area (TPSA) is 82.9 Å². The molecular weight excluding hydrogens is 258 g/mol. The van der Waals surface area contributed by atoms with Gasteiger partial charge >= 0.3 is 6.01 Å². The summed E-state index contributed by atoms with van der Waals surface area (Å²) in [5.74, 6) is 0.561. The Hall–Kier alpha value is -2.02. The van der Waals surface area contributed by atoms with E-state index in [0.717, 1.165) is 0 Å². The monoisotopic (exact) mass is 267 g/mol. The first-order chi connectivity index (χ1) is 8.74. The molecule has 7 nitrogen and oxygen atoms in total. The van der Waals surface area contributed by atoms with Crippen molar-refractivity contribution in [3.8, 4) is 23.4 Å². The quantitative estimate of drug-likeness (QED) is 0.828. The first-order valence-corrected chi connectivity index (χ1v) is 5.52. The van der Waals surface area contributed by atoms with E-state index in [2.05, 4.69) is 24.9 Å². The van der Waals surface area contributed by atoms with Gasteiger partial charge in [-0.2, -0.15) is 15.0 Å². The molecule has 2 heterocycles. The first kappa shape index (κ1) is 12.4. The Morgan fingerprint density at radius 2 is 1.94 bits per heavy atom. The minimum absolute atomic E-state index is 0.0242. The zero-order valence-electron chi connectivity index (χ0n) is 9.79. The predicted molar refractivity (Wildman–Crippen MR) is 63.6 cm³/mol. The highest BCUT2D eigenvalue weighted by Gasteiger charge is 2.14. The molecule has 0 unspecified atom stereocenters. The zero-order chi connectivity index (χ0) is 13.0. The van der Waals surface area contributed by atoms with Gasteiger partial charge in [-0.3, -0.25) is 0 Å². The van der Waals surface area contributed by atoms with Crippen LogP contribution in [0.1, 0.15) is 6.92 Å². The summed E-state index contributed by atoms with van der Waals surface area (Å²) in [6.45, 7) is 2.25. The lowest BCUT2D eigenvalue weighted by Crippen LogP contribution is -2.03. The van der Waals surface area contributed by atoms with E-state index < -0.39 is 0 Å². The summed E-state index contributed by atoms with van der Waals surface area (Å²) in [4.78, 5) is 20.0. The number of hydrogen-bond acceptors (Lipinski definition) is 7. The normalized spacial score (nSPS) is 10.2. The third-order valence-electron chi connectivity index (χ3n) is 1.93. The Morgan fingerprint density at radius 1 is 1.17 bits per heavy atom. The molecule has 94 valence electrons. The van der Waals surface area contributed by atoms with Crippen LogP contribution in [0.25, 0.3) is 11.5 Å². The summed E-state index contributed by atoms with van der Waals surface area (Å²) in [6.07, 6.45) is 3.02. The standard InChI is InChI=1S/C10H10ClN5O2/c1-3-18-10-15-7(14-9(11)16-10)6-8(17-2)13-5-4-12-6/h4-5H,3H2,1-2H3. The SMILES string of the molecule is CCOc1nc(Cl)nc(-c2nccnc2OC)n1. The van der Waals surface area contributed by atoms with Gasteiger partial charge < -0.3 is 9.47 Å². The minimum Gasteiger partial charge on any atom is -0.479 e. The average molecular weight is 268 g/mol. The number of ether oxygens (including phenoxy) is 2. The van der Waals surface area contributed by atoms with Gasteiger partial charge in [-0.05, 0) is 18.5 Å². The second-order valence-electron chi connectivity index (χ2n) is 3.06. The van der Waals surface area contributed by atoms with Crippen LogP contribution in [0, 0.1) is 0 Å². The number of methoxy groups -OCH3 is 1. The van der Waals surface area contributed by atoms with E-state index in [4.69, 9.17) is 21.1 Å². The summed E-state index contributed by atoms with van der Waals surface area (Å²) in [6, 6.07) is 0.139. The Labute approximate surface area is 108 Å². The molecule has 0 bridgehead atoms. The summed E-state index contributed by atoms with van der Waals surface area (Å²) >= 11 is 5.80. The average Bonchev–Trinajstić information content (AvgIpc) is 2.38. The van der Waals surface area contributed by atoms with Crippen molar-refractivity contribution < 1.29 is 9.47 Å². The molecule has 0 saturated carbocycles. The number of aromatic nitrogens is 5. The van der Waals surface area contributed by atoms with E-state index in [1.807, 2.05) is 6.92 Å². The smallest absolute Gasteiger partial charge is 0.321 e. The number of nitrogens with zero attached hydrogens (tertiary/aromatic N) is 5. The molecule has 2 rings (SSSR count). The number of halogens is 1. The molecular formula is C10H10ClN5O2. The molecule has 2 aromatic rings. The molecule has 0 aliphatic rings. The highest BCUT2D eigenvalue weighted by atomic mass is 35.5. The molecule has 18 heavy (non-hydrogen) atoms. The fourth-order valence-electron chi connectivity index (χ4n) is 1.26. The van der Waals surface area contributed by atoms with Gasteiger partial charge in [-0.15, -0.1) is 0 Å². The first-order valence-electron chi connectivity index (χ1n) is 5.14. The highest BCUT2D eigenvalue weighted by molar-refractivity contribution is 6.28. The van der Waals surface area contributed by atoms with Gasteiger partial charge in [0, 0.05) is 12.4 Å². The second-order valence-corrected chi connectivity index (χ2v) is 3.40. The number of hydrogen-bond donors (Lipinski definition) is 0. The lowest BCUT2D eigenvalue weighted by Gasteiger charge is -2.06. The third-order valence-corrected chi connectivity index (χ3v) is 2.10. The Kier molecular flexibility index (Phi) is 3.83. The maximum absolute atomic E-state index is 5.80. The van der Waals surface area contributed by atoms with Crippen molar-refractivity contribution in [3.05, 3.63) is 17.7 Å². The lowest BCUT2D eigenvalue weighted by atomic mass is 10.4. The van der Waals surface area contributed by atoms with Crippen molar-refractivity contribution in [2.45, 2.75) is 6.92 Å². The van der Waals surface area contributed by atoms with Crippen LogP contribution < -0.4 is 9.47 Å². The predicted octanol–water partition coefficient (Wildman–Crippen LogP) is 1.39. The molecule has 0 aliphatic carbocycles. The maximum Gasteiger partial charge on any atom is 0.321 e. The van der Waals surface area contributed by atoms with Gasteiger partial charge in [0.2, 0.25) is 11.2 Å². The molecule has 0 atom stereocenters. The summed E-state index contributed by atoms with van der Waals surface area (Å²) in [5, 5.41) is 0.0242. The van der Waals surface area contributed by atoms with Crippen LogP contribution in [-0.2, 0) is 0 Å². The minimum atomic E-state index is 0.0242. The van der Waals surface area contributed by atoms with Crippen molar-refractivity contribution in [2.24, 2.45) is 0 Å². The van der Waals surface area contributed by atoms with Gasteiger partial charge in [0.15, 0.2) is 11.5 Å². The summed E-state index contributed by atoms with van der Waals surface area (Å²) in [7, 11) is 1.49. The van der Waals surface area contributed by atoms with Gasteiger partial charge in [-0.25, -0.2) is 9.97 Å². The Balaban J connectivity index is 2.49. The fourth-order valence-corrected chi connectivity index (χ4v) is 1.41. The fraction of sp³-hybridized carbons (Fsp3) is 0.300. The number of rotatable bonds is 4. The van der Waals surface area contributed by atoms with Crippen LogP contribution in [0.2, 0.25) is 5.28 Å². The van der Waals surface area contributed by atoms with E-state index in [1.54, 1.807) is 0 Å². The van der Waals surface area contributed by atoms with Crippen LogP contribution in [0.15, 0.2) is 12.4 Å². The van der Waals surface area contributed by atoms with Crippen molar-refractivity contribution in [1.29, 1.82) is 0 Å². The van der Waals surface area contributed by atoms with Gasteiger partial charge in [0.05, 0.1) is 13.7 Å². The molecule has 0 aromatic carbocycles. The van der Waals surface area contributed by atoms with Gasteiger partial charge in [-0.1, -0.05) is 0 Å². The van der Waals surface area contributed by atoms with Gasteiger partial charge in [0.1, 0.15) is 0 Å². The van der Waals surface area contributed by atoms with E-state index >= 15 is 0 Å². The molecule has 0 spiro atoms. The second kappa shape index (κ2) is 5.54. The van der Waals surface area contributed by atoms with Crippen molar-refractivity contribution >= 4 is 11.6 Å². The molecule has 0 aliphatic heterocycles.